The van der Waals surface area contributed by atoms with E-state index in [1.165, 1.54) is 18.4 Å². The van der Waals surface area contributed by atoms with Crippen LogP contribution in [0.4, 0.5) is 5.69 Å². The Bertz CT molecular complexity index is 554. The minimum Gasteiger partial charge on any atom is -0.369 e. The van der Waals surface area contributed by atoms with Crippen molar-refractivity contribution in [1.29, 1.82) is 0 Å². The van der Waals surface area contributed by atoms with Crippen LogP contribution < -0.4 is 10.6 Å². The highest BCUT2D eigenvalue weighted by molar-refractivity contribution is 7.89. The van der Waals surface area contributed by atoms with Crippen molar-refractivity contribution in [1.82, 2.24) is 4.31 Å². The fourth-order valence-electron chi connectivity index (χ4n) is 2.61. The molecule has 1 aromatic carbocycles. The first kappa shape index (κ1) is 15.3. The molecule has 0 aliphatic carbocycles. The Morgan fingerprint density at radius 2 is 1.85 bits per heavy atom. The van der Waals surface area contributed by atoms with Gasteiger partial charge in [-0.05, 0) is 44.0 Å². The van der Waals surface area contributed by atoms with E-state index in [2.05, 4.69) is 11.8 Å². The summed E-state index contributed by atoms with van der Waals surface area (Å²) in [7, 11) is -0.274. The van der Waals surface area contributed by atoms with E-state index in [4.69, 9.17) is 5.73 Å². The first-order valence-corrected chi connectivity index (χ1v) is 8.31. The van der Waals surface area contributed by atoms with E-state index < -0.39 is 10.0 Å². The molecule has 0 aromatic heterocycles. The summed E-state index contributed by atoms with van der Waals surface area (Å²) in [6, 6.07) is 7.76. The molecule has 1 aromatic rings. The molecule has 2 N–H and O–H groups in total. The lowest BCUT2D eigenvalue weighted by Crippen LogP contribution is -2.45. The molecule has 1 heterocycles. The molecule has 2 rings (SSSR count). The second-order valence-corrected chi connectivity index (χ2v) is 7.76. The van der Waals surface area contributed by atoms with Crippen molar-refractivity contribution in [2.24, 2.45) is 5.73 Å². The van der Waals surface area contributed by atoms with Gasteiger partial charge in [0.2, 0.25) is 10.0 Å². The number of piperidine rings is 1. The van der Waals surface area contributed by atoms with Gasteiger partial charge in [0.25, 0.3) is 0 Å². The monoisotopic (exact) mass is 297 g/mol. The van der Waals surface area contributed by atoms with Crippen LogP contribution in [0.3, 0.4) is 0 Å². The summed E-state index contributed by atoms with van der Waals surface area (Å²) < 4.78 is 25.3. The molecular formula is C14H23N3O2S. The first-order chi connectivity index (χ1) is 9.32. The molecule has 0 spiro atoms. The van der Waals surface area contributed by atoms with Crippen LogP contribution in [0.25, 0.3) is 0 Å². The van der Waals surface area contributed by atoms with Crippen LogP contribution in [0, 0.1) is 0 Å². The molecule has 20 heavy (non-hydrogen) atoms. The topological polar surface area (TPSA) is 66.6 Å². The van der Waals surface area contributed by atoms with Crippen molar-refractivity contribution in [2.75, 3.05) is 25.5 Å². The van der Waals surface area contributed by atoms with E-state index in [-0.39, 0.29) is 6.04 Å². The molecule has 0 amide bonds. The fourth-order valence-corrected chi connectivity index (χ4v) is 3.51. The van der Waals surface area contributed by atoms with Gasteiger partial charge in [-0.3, -0.25) is 0 Å². The predicted molar refractivity (Wildman–Crippen MR) is 81.3 cm³/mol. The van der Waals surface area contributed by atoms with Crippen LogP contribution in [-0.2, 0) is 10.0 Å². The van der Waals surface area contributed by atoms with Crippen LogP contribution >= 0.6 is 0 Å². The minimum atomic E-state index is -3.35. The Kier molecular flexibility index (Phi) is 4.36. The van der Waals surface area contributed by atoms with Crippen molar-refractivity contribution in [3.8, 4) is 0 Å². The van der Waals surface area contributed by atoms with Gasteiger partial charge in [0, 0.05) is 38.4 Å². The summed E-state index contributed by atoms with van der Waals surface area (Å²) in [6.45, 7) is 3.08. The lowest BCUT2D eigenvalue weighted by atomic mass is 9.98. The molecular weight excluding hydrogens is 274 g/mol. The lowest BCUT2D eigenvalue weighted by molar-refractivity contribution is 0.430. The Hall–Kier alpha value is -1.11. The number of anilines is 1. The zero-order valence-electron chi connectivity index (χ0n) is 12.3. The van der Waals surface area contributed by atoms with E-state index in [0.29, 0.717) is 10.9 Å². The largest absolute Gasteiger partial charge is 0.369 e. The lowest BCUT2D eigenvalue weighted by Gasteiger charge is -2.38. The average molecular weight is 297 g/mol. The molecule has 112 valence electrons. The third-order valence-electron chi connectivity index (χ3n) is 3.86. The molecule has 2 atom stereocenters. The van der Waals surface area contributed by atoms with E-state index in [0.717, 1.165) is 25.1 Å². The van der Waals surface area contributed by atoms with E-state index >= 15 is 0 Å². The molecule has 0 radical (unpaired) electrons. The summed E-state index contributed by atoms with van der Waals surface area (Å²) in [4.78, 5) is 2.61. The van der Waals surface area contributed by atoms with Crippen LogP contribution in [0.5, 0.6) is 0 Å². The predicted octanol–water partition coefficient (Wildman–Crippen LogP) is 1.25. The SMILES string of the molecule is CC1CC(N)CCN1c1ccc(S(=O)(=O)N(C)C)cc1. The van der Waals surface area contributed by atoms with Gasteiger partial charge < -0.3 is 10.6 Å². The second-order valence-electron chi connectivity index (χ2n) is 5.61. The van der Waals surface area contributed by atoms with Crippen LogP contribution in [0.1, 0.15) is 19.8 Å². The van der Waals surface area contributed by atoms with Gasteiger partial charge in [-0.25, -0.2) is 12.7 Å². The Morgan fingerprint density at radius 3 is 2.35 bits per heavy atom. The van der Waals surface area contributed by atoms with Gasteiger partial charge in [0.15, 0.2) is 0 Å². The highest BCUT2D eigenvalue weighted by Crippen LogP contribution is 2.25. The Morgan fingerprint density at radius 1 is 1.25 bits per heavy atom. The minimum absolute atomic E-state index is 0.273. The molecule has 5 nitrogen and oxygen atoms in total. The van der Waals surface area contributed by atoms with Crippen molar-refractivity contribution < 1.29 is 8.42 Å². The summed E-state index contributed by atoms with van der Waals surface area (Å²) in [5.74, 6) is 0. The summed E-state index contributed by atoms with van der Waals surface area (Å²) in [6.07, 6.45) is 1.94. The summed E-state index contributed by atoms with van der Waals surface area (Å²) >= 11 is 0. The summed E-state index contributed by atoms with van der Waals surface area (Å²) in [5.41, 5.74) is 7.03. The van der Waals surface area contributed by atoms with Crippen molar-refractivity contribution in [3.63, 3.8) is 0 Å². The van der Waals surface area contributed by atoms with Crippen LogP contribution in [0.2, 0.25) is 0 Å². The molecule has 0 saturated carbocycles. The second kappa shape index (κ2) is 5.71. The Balaban J connectivity index is 2.21. The third kappa shape index (κ3) is 2.97. The van der Waals surface area contributed by atoms with Gasteiger partial charge >= 0.3 is 0 Å². The van der Waals surface area contributed by atoms with Crippen LogP contribution in [0.15, 0.2) is 29.2 Å². The number of sulfonamides is 1. The van der Waals surface area contributed by atoms with Crippen molar-refractivity contribution in [2.45, 2.75) is 36.7 Å². The van der Waals surface area contributed by atoms with Gasteiger partial charge in [0.1, 0.15) is 0 Å². The number of hydrogen-bond acceptors (Lipinski definition) is 4. The molecule has 1 saturated heterocycles. The normalized spacial score (nSPS) is 24.1. The number of benzene rings is 1. The fraction of sp³-hybridized carbons (Fsp3) is 0.571. The van der Waals surface area contributed by atoms with Gasteiger partial charge in [-0.2, -0.15) is 0 Å². The summed E-state index contributed by atoms with van der Waals surface area (Å²) in [5, 5.41) is 0. The maximum absolute atomic E-state index is 12.0. The number of hydrogen-bond donors (Lipinski definition) is 1. The first-order valence-electron chi connectivity index (χ1n) is 6.87. The van der Waals surface area contributed by atoms with E-state index in [1.54, 1.807) is 12.1 Å². The Labute approximate surface area is 121 Å². The molecule has 1 fully saturated rings. The maximum Gasteiger partial charge on any atom is 0.242 e. The molecule has 1 aliphatic heterocycles. The zero-order chi connectivity index (χ0) is 14.9. The van der Waals surface area contributed by atoms with Crippen molar-refractivity contribution in [3.05, 3.63) is 24.3 Å². The molecule has 2 unspecified atom stereocenters. The third-order valence-corrected chi connectivity index (χ3v) is 5.69. The smallest absolute Gasteiger partial charge is 0.242 e. The molecule has 1 aliphatic rings. The molecule has 0 bridgehead atoms. The van der Waals surface area contributed by atoms with Gasteiger partial charge in [-0.15, -0.1) is 0 Å². The average Bonchev–Trinajstić information content (AvgIpc) is 2.38. The van der Waals surface area contributed by atoms with Crippen molar-refractivity contribution >= 4 is 15.7 Å². The quantitative estimate of drug-likeness (QED) is 0.912. The number of rotatable bonds is 3. The van der Waals surface area contributed by atoms with E-state index in [1.807, 2.05) is 12.1 Å². The van der Waals surface area contributed by atoms with Gasteiger partial charge in [0.05, 0.1) is 4.90 Å². The van der Waals surface area contributed by atoms with Crippen LogP contribution in [-0.4, -0.2) is 45.4 Å². The van der Waals surface area contributed by atoms with E-state index in [9.17, 15) is 8.42 Å². The van der Waals surface area contributed by atoms with Gasteiger partial charge in [-0.1, -0.05) is 0 Å². The maximum atomic E-state index is 12.0. The zero-order valence-corrected chi connectivity index (χ0v) is 13.1. The molecule has 6 heteroatoms. The number of nitrogens with two attached hydrogens (primary N) is 1. The standard InChI is InChI=1S/C14H23N3O2S/c1-11-10-12(15)8-9-17(11)13-4-6-14(7-5-13)20(18,19)16(2)3/h4-7,11-12H,8-10,15H2,1-3H3. The number of nitrogens with zero attached hydrogens (tertiary/aromatic N) is 2. The highest BCUT2D eigenvalue weighted by Gasteiger charge is 2.24. The highest BCUT2D eigenvalue weighted by atomic mass is 32.2.